The zero-order chi connectivity index (χ0) is 19.1. The summed E-state index contributed by atoms with van der Waals surface area (Å²) in [5.74, 6) is 0.507. The third kappa shape index (κ3) is 3.77. The molecule has 0 aromatic heterocycles. The van der Waals surface area contributed by atoms with Gasteiger partial charge in [0.15, 0.2) is 5.78 Å². The highest BCUT2D eigenvalue weighted by Gasteiger charge is 2.41. The minimum absolute atomic E-state index is 0.0639. The van der Waals surface area contributed by atoms with Gasteiger partial charge in [0.2, 0.25) is 0 Å². The molecule has 1 N–H and O–H groups in total. The molecule has 5 heteroatoms. The molecule has 0 bridgehead atoms. The molecule has 1 aromatic carbocycles. The second-order valence-corrected chi connectivity index (χ2v) is 8.01. The minimum Gasteiger partial charge on any atom is -0.507 e. The van der Waals surface area contributed by atoms with Crippen LogP contribution in [0.2, 0.25) is 0 Å². The van der Waals surface area contributed by atoms with Gasteiger partial charge in [-0.05, 0) is 73.8 Å². The molecule has 1 aromatic rings. The summed E-state index contributed by atoms with van der Waals surface area (Å²) in [6.45, 7) is 3.85. The molecule has 1 atom stereocenters. The number of hydrogen-bond donors (Lipinski definition) is 1. The van der Waals surface area contributed by atoms with Crippen molar-refractivity contribution in [1.82, 2.24) is 0 Å². The van der Waals surface area contributed by atoms with Crippen LogP contribution in [0.3, 0.4) is 0 Å². The Kier molecular flexibility index (Phi) is 5.36. The Labute approximate surface area is 152 Å². The molecule has 26 heavy (non-hydrogen) atoms. The largest absolute Gasteiger partial charge is 0.507 e. The average molecular weight is 368 g/mol. The number of hydrogen-bond acceptors (Lipinski definition) is 2. The Bertz CT molecular complexity index is 669. The van der Waals surface area contributed by atoms with Crippen molar-refractivity contribution in [2.45, 2.75) is 70.9 Å². The maximum Gasteiger partial charge on any atom is 0.420 e. The first-order chi connectivity index (χ1) is 12.2. The number of alkyl halides is 3. The number of ketones is 1. The van der Waals surface area contributed by atoms with Gasteiger partial charge in [0, 0.05) is 6.42 Å². The van der Waals surface area contributed by atoms with Gasteiger partial charge in [-0.15, -0.1) is 0 Å². The highest BCUT2D eigenvalue weighted by atomic mass is 19.4. The van der Waals surface area contributed by atoms with Crippen LogP contribution < -0.4 is 0 Å². The smallest absolute Gasteiger partial charge is 0.420 e. The number of phenolic OH excluding ortho intramolecular Hbond substituents is 1. The van der Waals surface area contributed by atoms with E-state index in [-0.39, 0.29) is 23.5 Å². The first kappa shape index (κ1) is 19.2. The van der Waals surface area contributed by atoms with Gasteiger partial charge in [-0.1, -0.05) is 19.9 Å². The maximum atomic E-state index is 13.7. The number of aromatic hydroxyl groups is 1. The van der Waals surface area contributed by atoms with Crippen LogP contribution >= 0.6 is 0 Å². The van der Waals surface area contributed by atoms with Crippen LogP contribution in [0.5, 0.6) is 5.75 Å². The molecule has 0 heterocycles. The van der Waals surface area contributed by atoms with Crippen LogP contribution in [0.1, 0.15) is 86.2 Å². The lowest BCUT2D eigenvalue weighted by Crippen LogP contribution is -2.22. The van der Waals surface area contributed by atoms with Gasteiger partial charge < -0.3 is 5.11 Å². The second-order valence-electron chi connectivity index (χ2n) is 8.01. The van der Waals surface area contributed by atoms with E-state index in [0.717, 1.165) is 18.8 Å². The van der Waals surface area contributed by atoms with Crippen molar-refractivity contribution in [3.05, 3.63) is 28.8 Å². The normalized spacial score (nSPS) is 25.1. The number of carbonyl (C=O) groups excluding carboxylic acids is 1. The predicted octanol–water partition coefficient (Wildman–Crippen LogP) is 6.32. The maximum absolute atomic E-state index is 13.7. The van der Waals surface area contributed by atoms with E-state index in [2.05, 4.69) is 6.92 Å². The fraction of sp³-hybridized carbons (Fsp3) is 0.667. The number of halogens is 3. The van der Waals surface area contributed by atoms with Crippen molar-refractivity contribution in [2.75, 3.05) is 0 Å². The molecule has 3 rings (SSSR count). The van der Waals surface area contributed by atoms with Crippen LogP contribution in [-0.2, 0) is 6.18 Å². The Morgan fingerprint density at radius 2 is 1.65 bits per heavy atom. The predicted molar refractivity (Wildman–Crippen MR) is 94.3 cm³/mol. The van der Waals surface area contributed by atoms with Crippen molar-refractivity contribution >= 4 is 5.78 Å². The quantitative estimate of drug-likeness (QED) is 0.617. The summed E-state index contributed by atoms with van der Waals surface area (Å²) < 4.78 is 41.0. The molecule has 144 valence electrons. The molecule has 0 radical (unpaired) electrons. The summed E-state index contributed by atoms with van der Waals surface area (Å²) in [7, 11) is 0. The van der Waals surface area contributed by atoms with Gasteiger partial charge in [0.25, 0.3) is 0 Å². The Morgan fingerprint density at radius 3 is 2.12 bits per heavy atom. The van der Waals surface area contributed by atoms with Crippen LogP contribution in [0.15, 0.2) is 12.1 Å². The van der Waals surface area contributed by atoms with Crippen LogP contribution in [0.4, 0.5) is 13.2 Å². The minimum atomic E-state index is -4.67. The lowest BCUT2D eigenvalue weighted by Gasteiger charge is -2.34. The van der Waals surface area contributed by atoms with E-state index in [1.807, 2.05) is 0 Å². The van der Waals surface area contributed by atoms with Gasteiger partial charge in [-0.25, -0.2) is 0 Å². The zero-order valence-corrected chi connectivity index (χ0v) is 15.4. The van der Waals surface area contributed by atoms with Gasteiger partial charge in [-0.2, -0.15) is 13.2 Å². The Hall–Kier alpha value is -1.52. The number of Topliss-reactive ketones (excluding diaryl/α,β-unsaturated/α-hetero) is 1. The molecule has 1 unspecified atom stereocenters. The standard InChI is InChI=1S/C21H27F3O2/c1-3-18(25)17-11-10-16(19(20(17)26)21(22,23)24)15-8-6-14(7-9-15)12(2)13-4-5-13/h10-15,26H,3-9H2,1-2H3. The number of rotatable bonds is 5. The van der Waals surface area contributed by atoms with Crippen LogP contribution in [-0.4, -0.2) is 10.9 Å². The first-order valence-corrected chi connectivity index (χ1v) is 9.70. The second kappa shape index (κ2) is 7.24. The van der Waals surface area contributed by atoms with E-state index < -0.39 is 23.3 Å². The number of carbonyl (C=O) groups is 1. The molecular weight excluding hydrogens is 341 g/mol. The summed E-state index contributed by atoms with van der Waals surface area (Å²) >= 11 is 0. The Morgan fingerprint density at radius 1 is 1.12 bits per heavy atom. The van der Waals surface area contributed by atoms with E-state index in [9.17, 15) is 23.1 Å². The molecule has 0 saturated heterocycles. The van der Waals surface area contributed by atoms with E-state index in [0.29, 0.717) is 24.7 Å². The number of phenols is 1. The molecule has 2 fully saturated rings. The van der Waals surface area contributed by atoms with E-state index >= 15 is 0 Å². The van der Waals surface area contributed by atoms with Crippen molar-refractivity contribution in [3.8, 4) is 5.75 Å². The molecular formula is C21H27F3O2. The summed E-state index contributed by atoms with van der Waals surface area (Å²) in [5.41, 5.74) is -1.07. The first-order valence-electron chi connectivity index (χ1n) is 9.70. The third-order valence-corrected chi connectivity index (χ3v) is 6.44. The molecule has 0 amide bonds. The lowest BCUT2D eigenvalue weighted by molar-refractivity contribution is -0.139. The topological polar surface area (TPSA) is 37.3 Å². The van der Waals surface area contributed by atoms with E-state index in [4.69, 9.17) is 0 Å². The molecule has 2 saturated carbocycles. The van der Waals surface area contributed by atoms with E-state index in [1.54, 1.807) is 6.92 Å². The molecule has 0 aliphatic heterocycles. The fourth-order valence-electron chi connectivity index (χ4n) is 4.62. The molecule has 2 aliphatic carbocycles. The lowest BCUT2D eigenvalue weighted by atomic mass is 9.72. The van der Waals surface area contributed by atoms with E-state index in [1.165, 1.54) is 25.0 Å². The summed E-state index contributed by atoms with van der Waals surface area (Å²) in [4.78, 5) is 11.9. The highest BCUT2D eigenvalue weighted by Crippen LogP contribution is 2.50. The molecule has 2 nitrogen and oxygen atoms in total. The summed E-state index contributed by atoms with van der Waals surface area (Å²) in [5, 5.41) is 10.2. The average Bonchev–Trinajstić information content (AvgIpc) is 3.44. The number of benzene rings is 1. The van der Waals surface area contributed by atoms with Gasteiger partial charge in [0.05, 0.1) is 5.56 Å². The monoisotopic (exact) mass is 368 g/mol. The van der Waals surface area contributed by atoms with Gasteiger partial charge in [-0.3, -0.25) is 4.79 Å². The SMILES string of the molecule is CCC(=O)c1ccc(C2CCC(C(C)C3CC3)CC2)c(C(F)(F)F)c1O. The summed E-state index contributed by atoms with van der Waals surface area (Å²) in [6, 6.07) is 2.78. The van der Waals surface area contributed by atoms with Gasteiger partial charge >= 0.3 is 6.18 Å². The van der Waals surface area contributed by atoms with Crippen molar-refractivity contribution < 1.29 is 23.1 Å². The van der Waals surface area contributed by atoms with Crippen molar-refractivity contribution in [1.29, 1.82) is 0 Å². The van der Waals surface area contributed by atoms with Crippen LogP contribution in [0, 0.1) is 17.8 Å². The zero-order valence-electron chi connectivity index (χ0n) is 15.4. The van der Waals surface area contributed by atoms with Crippen molar-refractivity contribution in [2.24, 2.45) is 17.8 Å². The fourth-order valence-corrected chi connectivity index (χ4v) is 4.62. The molecule has 0 spiro atoms. The van der Waals surface area contributed by atoms with Crippen molar-refractivity contribution in [3.63, 3.8) is 0 Å². The summed E-state index contributed by atoms with van der Waals surface area (Å²) in [6.07, 6.45) is 1.29. The molecule has 2 aliphatic rings. The van der Waals surface area contributed by atoms with Crippen LogP contribution in [0.25, 0.3) is 0 Å². The Balaban J connectivity index is 1.85. The van der Waals surface area contributed by atoms with Gasteiger partial charge in [0.1, 0.15) is 11.3 Å². The highest BCUT2D eigenvalue weighted by molar-refractivity contribution is 5.99. The third-order valence-electron chi connectivity index (χ3n) is 6.44.